The van der Waals surface area contributed by atoms with Crippen molar-refractivity contribution < 1.29 is 41.4 Å². The number of nitrogens with one attached hydrogen (secondary N) is 1. The van der Waals surface area contributed by atoms with Gasteiger partial charge < -0.3 is 15.2 Å². The molecule has 0 bridgehead atoms. The number of rotatable bonds is 5. The maximum absolute atomic E-state index is 15.1. The number of hydrogen-bond donors (Lipinski definition) is 2. The highest BCUT2D eigenvalue weighted by atomic mass is 19.4. The molecule has 5 nitrogen and oxygen atoms in total. The molecule has 5 atom stereocenters. The summed E-state index contributed by atoms with van der Waals surface area (Å²) in [6.07, 6.45) is -2.15. The summed E-state index contributed by atoms with van der Waals surface area (Å²) in [4.78, 5) is 23.7. The number of aliphatic hydroxyl groups is 1. The summed E-state index contributed by atoms with van der Waals surface area (Å²) in [6.45, 7) is 5.00. The highest BCUT2D eigenvalue weighted by Gasteiger charge is 2.79. The number of amides is 1. The predicted molar refractivity (Wildman–Crippen MR) is 149 cm³/mol. The highest BCUT2D eigenvalue weighted by Crippen LogP contribution is 2.70. The van der Waals surface area contributed by atoms with Gasteiger partial charge >= 0.3 is 18.2 Å². The lowest BCUT2D eigenvalue weighted by Gasteiger charge is -2.56. The van der Waals surface area contributed by atoms with Gasteiger partial charge in [-0.3, -0.25) is 4.79 Å². The molecular formula is C33H34F5NO4. The maximum Gasteiger partial charge on any atom is 0.456 e. The minimum absolute atomic E-state index is 0.0279. The summed E-state index contributed by atoms with van der Waals surface area (Å²) < 4.78 is 76.4. The van der Waals surface area contributed by atoms with Crippen molar-refractivity contribution in [3.63, 3.8) is 0 Å². The van der Waals surface area contributed by atoms with E-state index in [1.54, 1.807) is 30.3 Å². The second kappa shape index (κ2) is 11.2. The SMILES string of the molecule is C=CCNC(=O)OCC#Cc1ccc([C@H]2C[C@@]3(C)[C@@H](CC[C@@]3(O)C(F)(F)C(F)(F)F)[C@@H]3CCC4=CC(=O)CCC4=C32)cc1. The van der Waals surface area contributed by atoms with E-state index in [-0.39, 0.29) is 37.7 Å². The van der Waals surface area contributed by atoms with Crippen molar-refractivity contribution in [1.82, 2.24) is 5.32 Å². The second-order valence-corrected chi connectivity index (χ2v) is 12.1. The Labute approximate surface area is 247 Å². The van der Waals surface area contributed by atoms with Crippen LogP contribution < -0.4 is 5.32 Å². The molecule has 1 amide bonds. The first-order chi connectivity index (χ1) is 20.2. The molecule has 1 aromatic rings. The van der Waals surface area contributed by atoms with Crippen molar-refractivity contribution >= 4 is 11.9 Å². The van der Waals surface area contributed by atoms with Crippen LogP contribution in [0.3, 0.4) is 0 Å². The van der Waals surface area contributed by atoms with Crippen LogP contribution in [0.5, 0.6) is 0 Å². The Balaban J connectivity index is 1.51. The quantitative estimate of drug-likeness (QED) is 0.221. The zero-order chi connectivity index (χ0) is 31.2. The lowest BCUT2D eigenvalue weighted by atomic mass is 9.50. The van der Waals surface area contributed by atoms with Crippen LogP contribution in [-0.2, 0) is 9.53 Å². The number of ether oxygens (including phenoxy) is 1. The van der Waals surface area contributed by atoms with Gasteiger partial charge in [-0.15, -0.1) is 6.58 Å². The number of halogens is 5. The number of alkyl halides is 5. The Morgan fingerprint density at radius 1 is 1.16 bits per heavy atom. The molecule has 0 unspecified atom stereocenters. The summed E-state index contributed by atoms with van der Waals surface area (Å²) in [7, 11) is 0. The van der Waals surface area contributed by atoms with E-state index in [1.807, 2.05) is 0 Å². The minimum Gasteiger partial charge on any atom is -0.436 e. The fourth-order valence-electron chi connectivity index (χ4n) is 7.96. The molecule has 2 saturated carbocycles. The van der Waals surface area contributed by atoms with Crippen LogP contribution in [0.2, 0.25) is 0 Å². The van der Waals surface area contributed by atoms with E-state index in [1.165, 1.54) is 13.0 Å². The average Bonchev–Trinajstić information content (AvgIpc) is 3.24. The molecule has 0 radical (unpaired) electrons. The fraction of sp³-hybridized carbons (Fsp3) is 0.515. The highest BCUT2D eigenvalue weighted by molar-refractivity contribution is 5.93. The largest absolute Gasteiger partial charge is 0.456 e. The van der Waals surface area contributed by atoms with Gasteiger partial charge in [0.25, 0.3) is 0 Å². The molecular weight excluding hydrogens is 569 g/mol. The van der Waals surface area contributed by atoms with E-state index in [0.717, 1.165) is 22.3 Å². The Kier molecular flexibility index (Phi) is 8.10. The normalized spacial score (nSPS) is 30.3. The molecule has 4 aliphatic rings. The predicted octanol–water partition coefficient (Wildman–Crippen LogP) is 6.78. The van der Waals surface area contributed by atoms with Crippen LogP contribution in [0.15, 0.2) is 59.7 Å². The summed E-state index contributed by atoms with van der Waals surface area (Å²) >= 11 is 0. The van der Waals surface area contributed by atoms with E-state index < -0.39 is 47.5 Å². The standard InChI is InChI=1S/C33H34F5NO4/c1-3-16-39-29(41)43-17-4-5-20-6-8-21(9-7-20)26-19-30(2)27(14-15-31(30,42)32(34,35)33(36,37)38)25-12-10-22-18-23(40)11-13-24(22)28(25)26/h3,6-9,18,25-27,42H,1,10-17,19H2,2H3,(H,39,41)/t25-,26+,27-,30-,31-/m0/s1. The number of allylic oxidation sites excluding steroid dienone is 4. The lowest BCUT2D eigenvalue weighted by Crippen LogP contribution is -2.65. The molecule has 0 heterocycles. The van der Waals surface area contributed by atoms with Crippen molar-refractivity contribution in [3.8, 4) is 11.8 Å². The summed E-state index contributed by atoms with van der Waals surface area (Å²) in [5.74, 6) is -0.986. The third kappa shape index (κ3) is 5.20. The number of carbonyl (C=O) groups is 2. The van der Waals surface area contributed by atoms with Gasteiger partial charge in [0.2, 0.25) is 0 Å². The fourth-order valence-corrected chi connectivity index (χ4v) is 7.96. The molecule has 0 aromatic heterocycles. The molecule has 2 fully saturated rings. The Morgan fingerprint density at radius 3 is 2.56 bits per heavy atom. The summed E-state index contributed by atoms with van der Waals surface area (Å²) in [5.41, 5.74) is -0.702. The minimum atomic E-state index is -5.89. The van der Waals surface area contributed by atoms with Gasteiger partial charge in [-0.1, -0.05) is 42.5 Å². The van der Waals surface area contributed by atoms with Crippen LogP contribution in [0, 0.1) is 29.1 Å². The first-order valence-corrected chi connectivity index (χ1v) is 14.5. The second-order valence-electron chi connectivity index (χ2n) is 12.1. The summed E-state index contributed by atoms with van der Waals surface area (Å²) in [5, 5.41) is 13.8. The molecule has 230 valence electrons. The third-order valence-corrected chi connectivity index (χ3v) is 9.97. The number of fused-ring (bicyclic) bond motifs is 4. The van der Waals surface area contributed by atoms with E-state index >= 15 is 8.78 Å². The van der Waals surface area contributed by atoms with Gasteiger partial charge in [0.05, 0.1) is 0 Å². The monoisotopic (exact) mass is 603 g/mol. The van der Waals surface area contributed by atoms with Gasteiger partial charge in [-0.2, -0.15) is 22.0 Å². The van der Waals surface area contributed by atoms with E-state index in [4.69, 9.17) is 4.74 Å². The van der Waals surface area contributed by atoms with Gasteiger partial charge in [-0.05, 0) is 85.3 Å². The number of carbonyl (C=O) groups excluding carboxylic acids is 2. The molecule has 10 heteroatoms. The zero-order valence-electron chi connectivity index (χ0n) is 23.8. The van der Waals surface area contributed by atoms with Crippen molar-refractivity contribution in [1.29, 1.82) is 0 Å². The summed E-state index contributed by atoms with van der Waals surface area (Å²) in [6, 6.07) is 7.01. The first kappa shape index (κ1) is 31.0. The molecule has 0 spiro atoms. The molecule has 5 rings (SSSR count). The molecule has 0 saturated heterocycles. The average molecular weight is 604 g/mol. The topological polar surface area (TPSA) is 75.6 Å². The van der Waals surface area contributed by atoms with Crippen molar-refractivity contribution in [2.24, 2.45) is 17.3 Å². The Morgan fingerprint density at radius 2 is 1.88 bits per heavy atom. The maximum atomic E-state index is 15.1. The van der Waals surface area contributed by atoms with Crippen molar-refractivity contribution in [3.05, 3.63) is 70.8 Å². The van der Waals surface area contributed by atoms with Gasteiger partial charge in [0.1, 0.15) is 5.60 Å². The van der Waals surface area contributed by atoms with Gasteiger partial charge in [0, 0.05) is 29.9 Å². The van der Waals surface area contributed by atoms with Crippen LogP contribution in [-0.4, -0.2) is 47.8 Å². The lowest BCUT2D eigenvalue weighted by molar-refractivity contribution is -0.362. The zero-order valence-corrected chi connectivity index (χ0v) is 23.8. The number of alkyl carbamates (subject to hydrolysis) is 1. The van der Waals surface area contributed by atoms with Crippen LogP contribution in [0.25, 0.3) is 0 Å². The van der Waals surface area contributed by atoms with E-state index in [2.05, 4.69) is 23.7 Å². The molecule has 1 aromatic carbocycles. The van der Waals surface area contributed by atoms with Crippen molar-refractivity contribution in [2.75, 3.05) is 13.2 Å². The number of hydrogen-bond acceptors (Lipinski definition) is 4. The third-order valence-electron chi connectivity index (χ3n) is 9.97. The molecule has 43 heavy (non-hydrogen) atoms. The van der Waals surface area contributed by atoms with E-state index in [0.29, 0.717) is 31.2 Å². The molecule has 0 aliphatic heterocycles. The van der Waals surface area contributed by atoms with Crippen LogP contribution >= 0.6 is 0 Å². The smallest absolute Gasteiger partial charge is 0.436 e. The van der Waals surface area contributed by atoms with Crippen LogP contribution in [0.4, 0.5) is 26.7 Å². The van der Waals surface area contributed by atoms with Crippen molar-refractivity contribution in [2.45, 2.75) is 75.5 Å². The number of benzene rings is 1. The number of ketones is 1. The van der Waals surface area contributed by atoms with Crippen LogP contribution in [0.1, 0.15) is 68.9 Å². The molecule has 2 N–H and O–H groups in total. The first-order valence-electron chi connectivity index (χ1n) is 14.5. The Hall–Kier alpha value is -3.45. The Bertz CT molecular complexity index is 1430. The van der Waals surface area contributed by atoms with E-state index in [9.17, 15) is 27.9 Å². The van der Waals surface area contributed by atoms with Gasteiger partial charge in [-0.25, -0.2) is 4.79 Å². The van der Waals surface area contributed by atoms with Gasteiger partial charge in [0.15, 0.2) is 12.4 Å². The molecule has 4 aliphatic carbocycles.